The summed E-state index contributed by atoms with van der Waals surface area (Å²) in [7, 11) is 0. The average molecular weight is 270 g/mol. The van der Waals surface area contributed by atoms with Crippen LogP contribution in [0.4, 0.5) is 5.82 Å². The first-order valence-electron chi connectivity index (χ1n) is 7.63. The smallest absolute Gasteiger partial charge is 0.130 e. The molecule has 0 atom stereocenters. The van der Waals surface area contributed by atoms with Crippen LogP contribution in [0, 0.1) is 0 Å². The van der Waals surface area contributed by atoms with Crippen LogP contribution in [0.25, 0.3) is 10.9 Å². The zero-order chi connectivity index (χ0) is 14.8. The van der Waals surface area contributed by atoms with E-state index in [9.17, 15) is 0 Å². The normalized spacial score (nSPS) is 11.8. The molecular formula is C18H26N2. The summed E-state index contributed by atoms with van der Waals surface area (Å²) in [6.45, 7) is 12.1. The molecule has 1 heterocycles. The third kappa shape index (κ3) is 3.12. The molecule has 0 aliphatic rings. The Morgan fingerprint density at radius 3 is 2.45 bits per heavy atom. The van der Waals surface area contributed by atoms with Gasteiger partial charge in [0.05, 0.1) is 5.52 Å². The maximum Gasteiger partial charge on any atom is 0.130 e. The highest BCUT2D eigenvalue weighted by atomic mass is 15.0. The van der Waals surface area contributed by atoms with E-state index in [-0.39, 0.29) is 5.41 Å². The first-order chi connectivity index (χ1) is 9.45. The van der Waals surface area contributed by atoms with Gasteiger partial charge in [0, 0.05) is 17.5 Å². The molecule has 108 valence electrons. The molecule has 0 saturated carbocycles. The van der Waals surface area contributed by atoms with Crippen LogP contribution in [0.15, 0.2) is 24.3 Å². The molecule has 0 saturated heterocycles. The summed E-state index contributed by atoms with van der Waals surface area (Å²) in [6.07, 6.45) is 2.18. The molecule has 1 aromatic heterocycles. The predicted molar refractivity (Wildman–Crippen MR) is 88.6 cm³/mol. The zero-order valence-electron chi connectivity index (χ0n) is 13.4. The molecule has 0 bridgehead atoms. The van der Waals surface area contributed by atoms with E-state index in [1.165, 1.54) is 16.5 Å². The SMILES string of the molecule is CCCNc1nc2ccc(CC)cc2cc1C(C)(C)C. The number of aryl methyl sites for hydroxylation is 1. The van der Waals surface area contributed by atoms with Crippen molar-refractivity contribution in [2.75, 3.05) is 11.9 Å². The van der Waals surface area contributed by atoms with E-state index in [1.807, 2.05) is 0 Å². The number of hydrogen-bond donors (Lipinski definition) is 1. The molecule has 2 rings (SSSR count). The highest BCUT2D eigenvalue weighted by molar-refractivity contribution is 5.83. The van der Waals surface area contributed by atoms with Crippen LogP contribution in [0.3, 0.4) is 0 Å². The van der Waals surface area contributed by atoms with Gasteiger partial charge in [-0.05, 0) is 42.0 Å². The Kier molecular flexibility index (Phi) is 4.32. The van der Waals surface area contributed by atoms with Gasteiger partial charge in [-0.25, -0.2) is 4.98 Å². The number of pyridine rings is 1. The Hall–Kier alpha value is -1.57. The topological polar surface area (TPSA) is 24.9 Å². The molecule has 2 heteroatoms. The molecule has 20 heavy (non-hydrogen) atoms. The Morgan fingerprint density at radius 2 is 1.85 bits per heavy atom. The highest BCUT2D eigenvalue weighted by Gasteiger charge is 2.19. The largest absolute Gasteiger partial charge is 0.370 e. The molecule has 0 amide bonds. The number of nitrogens with zero attached hydrogens (tertiary/aromatic N) is 1. The lowest BCUT2D eigenvalue weighted by Gasteiger charge is -2.23. The maximum atomic E-state index is 4.84. The summed E-state index contributed by atoms with van der Waals surface area (Å²) in [4.78, 5) is 4.84. The van der Waals surface area contributed by atoms with Gasteiger partial charge >= 0.3 is 0 Å². The number of hydrogen-bond acceptors (Lipinski definition) is 2. The number of aromatic nitrogens is 1. The van der Waals surface area contributed by atoms with Crippen molar-refractivity contribution >= 4 is 16.7 Å². The molecule has 0 fully saturated rings. The fraction of sp³-hybridized carbons (Fsp3) is 0.500. The van der Waals surface area contributed by atoms with E-state index in [4.69, 9.17) is 4.98 Å². The highest BCUT2D eigenvalue weighted by Crippen LogP contribution is 2.31. The monoisotopic (exact) mass is 270 g/mol. The Morgan fingerprint density at radius 1 is 1.10 bits per heavy atom. The molecule has 0 radical (unpaired) electrons. The molecule has 0 spiro atoms. The summed E-state index contributed by atoms with van der Waals surface area (Å²) in [5.41, 5.74) is 3.84. The molecule has 0 unspecified atom stereocenters. The number of benzene rings is 1. The van der Waals surface area contributed by atoms with Gasteiger partial charge in [-0.15, -0.1) is 0 Å². The quantitative estimate of drug-likeness (QED) is 0.853. The zero-order valence-corrected chi connectivity index (χ0v) is 13.4. The first-order valence-corrected chi connectivity index (χ1v) is 7.63. The minimum absolute atomic E-state index is 0.0967. The lowest BCUT2D eigenvalue weighted by Crippen LogP contribution is -2.16. The summed E-state index contributed by atoms with van der Waals surface area (Å²) < 4.78 is 0. The molecule has 1 N–H and O–H groups in total. The average Bonchev–Trinajstić information content (AvgIpc) is 2.42. The number of rotatable bonds is 4. The summed E-state index contributed by atoms with van der Waals surface area (Å²) in [5.74, 6) is 1.04. The predicted octanol–water partition coefficient (Wildman–Crippen LogP) is 4.92. The molecule has 1 aromatic carbocycles. The Bertz CT molecular complexity index is 594. The molecular weight excluding hydrogens is 244 g/mol. The van der Waals surface area contributed by atoms with Gasteiger partial charge in [0.2, 0.25) is 0 Å². The summed E-state index contributed by atoms with van der Waals surface area (Å²) >= 11 is 0. The van der Waals surface area contributed by atoms with E-state index >= 15 is 0 Å². The third-order valence-electron chi connectivity index (χ3n) is 3.64. The van der Waals surface area contributed by atoms with Crippen LogP contribution in [0.5, 0.6) is 0 Å². The van der Waals surface area contributed by atoms with Crippen molar-refractivity contribution in [1.82, 2.24) is 4.98 Å². The van der Waals surface area contributed by atoms with Gasteiger partial charge in [-0.3, -0.25) is 0 Å². The van der Waals surface area contributed by atoms with Crippen molar-refractivity contribution in [2.24, 2.45) is 0 Å². The first kappa shape index (κ1) is 14.8. The second-order valence-corrected chi connectivity index (χ2v) is 6.44. The van der Waals surface area contributed by atoms with Crippen molar-refractivity contribution in [3.05, 3.63) is 35.4 Å². The lowest BCUT2D eigenvalue weighted by molar-refractivity contribution is 0.590. The van der Waals surface area contributed by atoms with E-state index in [0.717, 1.165) is 30.7 Å². The second kappa shape index (κ2) is 5.82. The summed E-state index contributed by atoms with van der Waals surface area (Å²) in [6, 6.07) is 8.88. The third-order valence-corrected chi connectivity index (χ3v) is 3.64. The lowest BCUT2D eigenvalue weighted by atomic mass is 9.86. The van der Waals surface area contributed by atoms with Crippen molar-refractivity contribution in [3.8, 4) is 0 Å². The van der Waals surface area contributed by atoms with Crippen LogP contribution >= 0.6 is 0 Å². The van der Waals surface area contributed by atoms with Crippen LogP contribution < -0.4 is 5.32 Å². The fourth-order valence-electron chi connectivity index (χ4n) is 2.40. The van der Waals surface area contributed by atoms with Gasteiger partial charge in [-0.2, -0.15) is 0 Å². The van der Waals surface area contributed by atoms with Crippen LogP contribution in [-0.2, 0) is 11.8 Å². The molecule has 2 aromatic rings. The fourth-order valence-corrected chi connectivity index (χ4v) is 2.40. The van der Waals surface area contributed by atoms with E-state index < -0.39 is 0 Å². The van der Waals surface area contributed by atoms with Crippen LogP contribution in [-0.4, -0.2) is 11.5 Å². The van der Waals surface area contributed by atoms with Crippen molar-refractivity contribution in [2.45, 2.75) is 52.9 Å². The number of anilines is 1. The molecule has 0 aliphatic carbocycles. The molecule has 2 nitrogen and oxygen atoms in total. The van der Waals surface area contributed by atoms with Gasteiger partial charge in [0.1, 0.15) is 5.82 Å². The van der Waals surface area contributed by atoms with Gasteiger partial charge in [-0.1, -0.05) is 40.7 Å². The van der Waals surface area contributed by atoms with E-state index in [1.54, 1.807) is 0 Å². The maximum absolute atomic E-state index is 4.84. The van der Waals surface area contributed by atoms with Crippen LogP contribution in [0.2, 0.25) is 0 Å². The number of nitrogens with one attached hydrogen (secondary N) is 1. The summed E-state index contributed by atoms with van der Waals surface area (Å²) in [5, 5.41) is 4.73. The van der Waals surface area contributed by atoms with Crippen molar-refractivity contribution in [1.29, 1.82) is 0 Å². The Balaban J connectivity index is 2.58. The minimum atomic E-state index is 0.0967. The second-order valence-electron chi connectivity index (χ2n) is 6.44. The van der Waals surface area contributed by atoms with Crippen molar-refractivity contribution in [3.63, 3.8) is 0 Å². The molecule has 0 aliphatic heterocycles. The Labute approximate surface area is 122 Å². The minimum Gasteiger partial charge on any atom is -0.370 e. The van der Waals surface area contributed by atoms with Crippen LogP contribution in [0.1, 0.15) is 52.2 Å². The number of fused-ring (bicyclic) bond motifs is 1. The van der Waals surface area contributed by atoms with Gasteiger partial charge in [0.15, 0.2) is 0 Å². The van der Waals surface area contributed by atoms with Crippen molar-refractivity contribution < 1.29 is 0 Å². The standard InChI is InChI=1S/C18H26N2/c1-6-10-19-17-15(18(3,4)5)12-14-11-13(7-2)8-9-16(14)20-17/h8-9,11-12H,6-7,10H2,1-5H3,(H,19,20). The van der Waals surface area contributed by atoms with E-state index in [0.29, 0.717) is 0 Å². The van der Waals surface area contributed by atoms with Gasteiger partial charge < -0.3 is 5.32 Å². The van der Waals surface area contributed by atoms with Gasteiger partial charge in [0.25, 0.3) is 0 Å². The van der Waals surface area contributed by atoms with E-state index in [2.05, 4.69) is 64.2 Å².